The molecule has 7 nitrogen and oxygen atoms in total. The molecule has 0 atom stereocenters. The van der Waals surface area contributed by atoms with Gasteiger partial charge in [-0.1, -0.05) is 19.0 Å². The molecule has 0 saturated heterocycles. The number of carbonyl (C=O) groups is 1. The maximum absolute atomic E-state index is 12.0. The van der Waals surface area contributed by atoms with Gasteiger partial charge in [0.1, 0.15) is 0 Å². The summed E-state index contributed by atoms with van der Waals surface area (Å²) in [6, 6.07) is 7.35. The van der Waals surface area contributed by atoms with Gasteiger partial charge in [0, 0.05) is 36.3 Å². The molecule has 3 rings (SSSR count). The molecule has 1 amide bonds. The van der Waals surface area contributed by atoms with Crippen LogP contribution in [0.4, 0.5) is 5.69 Å². The fourth-order valence-corrected chi connectivity index (χ4v) is 2.31. The highest BCUT2D eigenvalue weighted by Crippen LogP contribution is 2.21. The van der Waals surface area contributed by atoms with Crippen LogP contribution in [0.5, 0.6) is 0 Å². The molecule has 3 aromatic rings. The third kappa shape index (κ3) is 4.32. The SMILES string of the molecule is Cc1cnn(CCC(=O)Nc2ccc(-c3nc(C(C)C)no3)cc2)c1. The molecule has 0 unspecified atom stereocenters. The van der Waals surface area contributed by atoms with Gasteiger partial charge >= 0.3 is 0 Å². The zero-order chi connectivity index (χ0) is 17.8. The van der Waals surface area contributed by atoms with Gasteiger partial charge in [0.2, 0.25) is 5.91 Å². The Bertz CT molecular complexity index is 848. The summed E-state index contributed by atoms with van der Waals surface area (Å²) in [5.41, 5.74) is 2.64. The van der Waals surface area contributed by atoms with E-state index in [2.05, 4.69) is 20.6 Å². The average molecular weight is 339 g/mol. The van der Waals surface area contributed by atoms with Gasteiger partial charge in [-0.15, -0.1) is 0 Å². The van der Waals surface area contributed by atoms with Gasteiger partial charge in [0.25, 0.3) is 5.89 Å². The Morgan fingerprint density at radius 3 is 2.64 bits per heavy atom. The minimum absolute atomic E-state index is 0.0548. The van der Waals surface area contributed by atoms with Crippen LogP contribution in [0.3, 0.4) is 0 Å². The van der Waals surface area contributed by atoms with E-state index < -0.39 is 0 Å². The summed E-state index contributed by atoms with van der Waals surface area (Å²) < 4.78 is 7.03. The maximum Gasteiger partial charge on any atom is 0.257 e. The molecule has 1 aromatic carbocycles. The van der Waals surface area contributed by atoms with Crippen LogP contribution < -0.4 is 5.32 Å². The minimum Gasteiger partial charge on any atom is -0.334 e. The predicted molar refractivity (Wildman–Crippen MR) is 94.0 cm³/mol. The lowest BCUT2D eigenvalue weighted by molar-refractivity contribution is -0.116. The van der Waals surface area contributed by atoms with Crippen molar-refractivity contribution in [2.75, 3.05) is 5.32 Å². The van der Waals surface area contributed by atoms with Crippen molar-refractivity contribution in [3.63, 3.8) is 0 Å². The third-order valence-corrected chi connectivity index (χ3v) is 3.70. The second-order valence-corrected chi connectivity index (χ2v) is 6.27. The van der Waals surface area contributed by atoms with Crippen molar-refractivity contribution in [1.82, 2.24) is 19.9 Å². The highest BCUT2D eigenvalue weighted by molar-refractivity contribution is 5.90. The quantitative estimate of drug-likeness (QED) is 0.744. The van der Waals surface area contributed by atoms with Crippen molar-refractivity contribution in [2.45, 2.75) is 39.7 Å². The molecular weight excluding hydrogens is 318 g/mol. The number of nitrogens with zero attached hydrogens (tertiary/aromatic N) is 4. The van der Waals surface area contributed by atoms with Crippen LogP contribution in [-0.4, -0.2) is 25.8 Å². The van der Waals surface area contributed by atoms with Crippen LogP contribution in [0.15, 0.2) is 41.2 Å². The summed E-state index contributed by atoms with van der Waals surface area (Å²) in [5.74, 6) is 1.33. The van der Waals surface area contributed by atoms with Gasteiger partial charge in [0.15, 0.2) is 5.82 Å². The maximum atomic E-state index is 12.0. The Kier molecular flexibility index (Phi) is 4.92. The Balaban J connectivity index is 1.57. The first-order valence-corrected chi connectivity index (χ1v) is 8.24. The number of benzene rings is 1. The van der Waals surface area contributed by atoms with Crippen LogP contribution in [0.2, 0.25) is 0 Å². The number of carbonyl (C=O) groups excluding carboxylic acids is 1. The Morgan fingerprint density at radius 1 is 1.28 bits per heavy atom. The number of aromatic nitrogens is 4. The summed E-state index contributed by atoms with van der Waals surface area (Å²) in [4.78, 5) is 16.4. The van der Waals surface area contributed by atoms with Crippen LogP contribution in [0.25, 0.3) is 11.5 Å². The van der Waals surface area contributed by atoms with Crippen molar-refractivity contribution in [1.29, 1.82) is 0 Å². The molecular formula is C18H21N5O2. The summed E-state index contributed by atoms with van der Waals surface area (Å²) in [7, 11) is 0. The van der Waals surface area contributed by atoms with Gasteiger partial charge in [-0.05, 0) is 36.8 Å². The molecule has 0 radical (unpaired) electrons. The van der Waals surface area contributed by atoms with E-state index in [0.717, 1.165) is 16.8 Å². The molecule has 2 heterocycles. The van der Waals surface area contributed by atoms with E-state index in [1.165, 1.54) is 0 Å². The van der Waals surface area contributed by atoms with E-state index >= 15 is 0 Å². The number of anilines is 1. The van der Waals surface area contributed by atoms with Crippen molar-refractivity contribution in [2.24, 2.45) is 0 Å². The zero-order valence-electron chi connectivity index (χ0n) is 14.6. The molecule has 7 heteroatoms. The lowest BCUT2D eigenvalue weighted by Crippen LogP contribution is -2.14. The van der Waals surface area contributed by atoms with E-state index in [1.54, 1.807) is 10.9 Å². The fraction of sp³-hybridized carbons (Fsp3) is 0.333. The monoisotopic (exact) mass is 339 g/mol. The first-order chi connectivity index (χ1) is 12.0. The number of amides is 1. The van der Waals surface area contributed by atoms with Crippen LogP contribution in [0, 0.1) is 6.92 Å². The number of hydrogen-bond donors (Lipinski definition) is 1. The van der Waals surface area contributed by atoms with Gasteiger partial charge in [0.05, 0.1) is 6.20 Å². The standard InChI is InChI=1S/C18H21N5O2/c1-12(2)17-21-18(25-22-17)14-4-6-15(7-5-14)20-16(24)8-9-23-11-13(3)10-19-23/h4-7,10-12H,8-9H2,1-3H3,(H,20,24). The Labute approximate surface area is 146 Å². The molecule has 0 aliphatic carbocycles. The predicted octanol–water partition coefficient (Wildman–Crippen LogP) is 3.39. The average Bonchev–Trinajstić information content (AvgIpc) is 3.23. The van der Waals surface area contributed by atoms with Crippen molar-refractivity contribution >= 4 is 11.6 Å². The van der Waals surface area contributed by atoms with Gasteiger partial charge in [-0.25, -0.2) is 0 Å². The van der Waals surface area contributed by atoms with E-state index in [4.69, 9.17) is 4.52 Å². The van der Waals surface area contributed by atoms with Gasteiger partial charge in [-0.3, -0.25) is 9.48 Å². The fourth-order valence-electron chi connectivity index (χ4n) is 2.31. The second kappa shape index (κ2) is 7.29. The highest BCUT2D eigenvalue weighted by Gasteiger charge is 2.11. The van der Waals surface area contributed by atoms with Crippen molar-refractivity contribution in [3.05, 3.63) is 48.0 Å². The zero-order valence-corrected chi connectivity index (χ0v) is 14.6. The van der Waals surface area contributed by atoms with E-state index in [1.807, 2.05) is 51.2 Å². The lowest BCUT2D eigenvalue weighted by atomic mass is 10.2. The summed E-state index contributed by atoms with van der Waals surface area (Å²) in [6.45, 7) is 6.55. The Hall–Kier alpha value is -2.96. The van der Waals surface area contributed by atoms with Crippen molar-refractivity contribution in [3.8, 4) is 11.5 Å². The minimum atomic E-state index is -0.0548. The van der Waals surface area contributed by atoms with E-state index in [0.29, 0.717) is 24.7 Å². The number of aryl methyl sites for hydroxylation is 2. The molecule has 0 aliphatic heterocycles. The normalized spacial score (nSPS) is 11.0. The first-order valence-electron chi connectivity index (χ1n) is 8.24. The van der Waals surface area contributed by atoms with Crippen LogP contribution in [-0.2, 0) is 11.3 Å². The van der Waals surface area contributed by atoms with E-state index in [-0.39, 0.29) is 11.8 Å². The molecule has 0 bridgehead atoms. The largest absolute Gasteiger partial charge is 0.334 e. The Morgan fingerprint density at radius 2 is 2.04 bits per heavy atom. The molecule has 0 aliphatic rings. The molecule has 130 valence electrons. The summed E-state index contributed by atoms with van der Waals surface area (Å²) >= 11 is 0. The first kappa shape index (κ1) is 16.9. The number of rotatable bonds is 6. The smallest absolute Gasteiger partial charge is 0.257 e. The van der Waals surface area contributed by atoms with Crippen molar-refractivity contribution < 1.29 is 9.32 Å². The van der Waals surface area contributed by atoms with Gasteiger partial charge in [-0.2, -0.15) is 10.1 Å². The lowest BCUT2D eigenvalue weighted by Gasteiger charge is -2.06. The molecule has 2 aromatic heterocycles. The molecule has 1 N–H and O–H groups in total. The highest BCUT2D eigenvalue weighted by atomic mass is 16.5. The van der Waals surface area contributed by atoms with Gasteiger partial charge < -0.3 is 9.84 Å². The summed E-state index contributed by atoms with van der Waals surface area (Å²) in [6.07, 6.45) is 4.06. The second-order valence-electron chi connectivity index (χ2n) is 6.27. The van der Waals surface area contributed by atoms with Crippen LogP contribution >= 0.6 is 0 Å². The van der Waals surface area contributed by atoms with Crippen LogP contribution in [0.1, 0.15) is 37.6 Å². The number of nitrogens with one attached hydrogen (secondary N) is 1. The number of hydrogen-bond acceptors (Lipinski definition) is 5. The topological polar surface area (TPSA) is 85.8 Å². The molecule has 0 fully saturated rings. The molecule has 25 heavy (non-hydrogen) atoms. The van der Waals surface area contributed by atoms with E-state index in [9.17, 15) is 4.79 Å². The third-order valence-electron chi connectivity index (χ3n) is 3.70. The summed E-state index contributed by atoms with van der Waals surface area (Å²) in [5, 5.41) is 11.0. The molecule has 0 spiro atoms. The molecule has 0 saturated carbocycles.